The van der Waals surface area contributed by atoms with Crippen LogP contribution in [0, 0.1) is 6.92 Å². The first kappa shape index (κ1) is 19.9. The fourth-order valence-electron chi connectivity index (χ4n) is 3.19. The van der Waals surface area contributed by atoms with Gasteiger partial charge in [-0.15, -0.1) is 0 Å². The van der Waals surface area contributed by atoms with E-state index in [2.05, 4.69) is 5.32 Å². The summed E-state index contributed by atoms with van der Waals surface area (Å²) in [4.78, 5) is 26.1. The van der Waals surface area contributed by atoms with E-state index in [9.17, 15) is 14.7 Å². The highest BCUT2D eigenvalue weighted by Gasteiger charge is 2.21. The van der Waals surface area contributed by atoms with E-state index in [0.29, 0.717) is 43.3 Å². The molecule has 1 atom stereocenters. The van der Waals surface area contributed by atoms with Gasteiger partial charge < -0.3 is 24.8 Å². The number of hydrogen-bond acceptors (Lipinski definition) is 5. The minimum absolute atomic E-state index is 0.110. The summed E-state index contributed by atoms with van der Waals surface area (Å²) in [7, 11) is 1.81. The second-order valence-corrected chi connectivity index (χ2v) is 6.75. The van der Waals surface area contributed by atoms with Crippen LogP contribution in [0.3, 0.4) is 0 Å². The van der Waals surface area contributed by atoms with Crippen molar-refractivity contribution in [2.45, 2.75) is 13.0 Å². The number of carboxylic acids is 1. The monoisotopic (exact) mass is 384 g/mol. The van der Waals surface area contributed by atoms with Gasteiger partial charge in [0.05, 0.1) is 37.2 Å². The highest BCUT2D eigenvalue weighted by Crippen LogP contribution is 2.25. The van der Waals surface area contributed by atoms with Crippen LogP contribution in [0.1, 0.15) is 26.3 Å². The number of likely N-dealkylation sites (N-methyl/N-ethyl adjacent to an activating group) is 1. The van der Waals surface area contributed by atoms with Gasteiger partial charge in [-0.1, -0.05) is 18.2 Å². The smallest absolute Gasteiger partial charge is 0.337 e. The van der Waals surface area contributed by atoms with Crippen LogP contribution in [0.5, 0.6) is 0 Å². The van der Waals surface area contributed by atoms with Gasteiger partial charge in [0.25, 0.3) is 5.91 Å². The Hall–Kier alpha value is -2.90. The van der Waals surface area contributed by atoms with Crippen molar-refractivity contribution >= 4 is 23.3 Å². The Balaban J connectivity index is 1.78. The van der Waals surface area contributed by atoms with E-state index in [1.165, 1.54) is 6.07 Å². The van der Waals surface area contributed by atoms with Gasteiger partial charge in [0.1, 0.15) is 0 Å². The molecule has 7 nitrogen and oxygen atoms in total. The molecule has 0 aliphatic carbocycles. The van der Waals surface area contributed by atoms with Crippen molar-refractivity contribution in [2.75, 3.05) is 43.6 Å². The Labute approximate surface area is 163 Å². The van der Waals surface area contributed by atoms with Gasteiger partial charge in [-0.25, -0.2) is 4.79 Å². The molecule has 148 valence electrons. The van der Waals surface area contributed by atoms with Crippen molar-refractivity contribution in [3.8, 4) is 0 Å². The number of amides is 1. The number of carbonyl (C=O) groups excluding carboxylic acids is 1. The third-order valence-electron chi connectivity index (χ3n) is 4.65. The molecular weight excluding hydrogens is 360 g/mol. The molecule has 1 aliphatic rings. The summed E-state index contributed by atoms with van der Waals surface area (Å²) in [6, 6.07) is 12.1. The van der Waals surface area contributed by atoms with Crippen LogP contribution >= 0.6 is 0 Å². The summed E-state index contributed by atoms with van der Waals surface area (Å²) in [5, 5.41) is 12.4. The van der Waals surface area contributed by atoms with E-state index in [4.69, 9.17) is 9.47 Å². The standard InChI is InChI=1S/C21H24N2O5/c1-14-5-3-4-6-17(14)20(24)22-15-7-8-19(18(11-15)21(25)26)23(2)12-16-13-27-9-10-28-16/h3-8,11,16H,9-10,12-13H2,1-2H3,(H,22,24)(H,25,26). The maximum Gasteiger partial charge on any atom is 0.337 e. The predicted octanol–water partition coefficient (Wildman–Crippen LogP) is 2.80. The van der Waals surface area contributed by atoms with Crippen molar-refractivity contribution in [3.63, 3.8) is 0 Å². The fraction of sp³-hybridized carbons (Fsp3) is 0.333. The van der Waals surface area contributed by atoms with Gasteiger partial charge in [0, 0.05) is 24.8 Å². The lowest BCUT2D eigenvalue weighted by Gasteiger charge is -2.29. The van der Waals surface area contributed by atoms with Gasteiger partial charge in [0.15, 0.2) is 0 Å². The molecule has 1 fully saturated rings. The maximum absolute atomic E-state index is 12.5. The maximum atomic E-state index is 12.5. The molecule has 1 unspecified atom stereocenters. The lowest BCUT2D eigenvalue weighted by molar-refractivity contribution is -0.0837. The highest BCUT2D eigenvalue weighted by molar-refractivity contribution is 6.06. The van der Waals surface area contributed by atoms with Crippen LogP contribution in [0.2, 0.25) is 0 Å². The zero-order valence-electron chi connectivity index (χ0n) is 16.0. The number of nitrogens with one attached hydrogen (secondary N) is 1. The third kappa shape index (κ3) is 4.68. The summed E-state index contributed by atoms with van der Waals surface area (Å²) in [5.41, 5.74) is 2.50. The summed E-state index contributed by atoms with van der Waals surface area (Å²) in [5.74, 6) is -1.34. The molecule has 0 aromatic heterocycles. The van der Waals surface area contributed by atoms with Crippen molar-refractivity contribution < 1.29 is 24.2 Å². The Morgan fingerprint density at radius 1 is 1.18 bits per heavy atom. The second-order valence-electron chi connectivity index (χ2n) is 6.75. The number of aromatic carboxylic acids is 1. The first-order valence-corrected chi connectivity index (χ1v) is 9.10. The average molecular weight is 384 g/mol. The van der Waals surface area contributed by atoms with E-state index in [0.717, 1.165) is 5.56 Å². The topological polar surface area (TPSA) is 88.1 Å². The average Bonchev–Trinajstić information content (AvgIpc) is 2.69. The van der Waals surface area contributed by atoms with Crippen LogP contribution in [-0.2, 0) is 9.47 Å². The van der Waals surface area contributed by atoms with Crippen molar-refractivity contribution in [2.24, 2.45) is 0 Å². The van der Waals surface area contributed by atoms with Crippen LogP contribution in [0.4, 0.5) is 11.4 Å². The van der Waals surface area contributed by atoms with Crippen molar-refractivity contribution in [1.82, 2.24) is 0 Å². The van der Waals surface area contributed by atoms with Gasteiger partial charge in [-0.05, 0) is 36.8 Å². The normalized spacial score (nSPS) is 16.4. The molecule has 1 aliphatic heterocycles. The molecule has 0 radical (unpaired) electrons. The van der Waals surface area contributed by atoms with Crippen molar-refractivity contribution in [1.29, 1.82) is 0 Å². The lowest BCUT2D eigenvalue weighted by atomic mass is 10.1. The Kier molecular flexibility index (Phi) is 6.28. The number of nitrogens with zero attached hydrogens (tertiary/aromatic N) is 1. The number of rotatable bonds is 6. The van der Waals surface area contributed by atoms with Crippen LogP contribution < -0.4 is 10.2 Å². The molecule has 1 saturated heterocycles. The number of benzene rings is 2. The van der Waals surface area contributed by atoms with E-state index in [1.54, 1.807) is 24.3 Å². The molecule has 0 bridgehead atoms. The fourth-order valence-corrected chi connectivity index (χ4v) is 3.19. The first-order valence-electron chi connectivity index (χ1n) is 9.10. The van der Waals surface area contributed by atoms with Gasteiger partial charge in [-0.3, -0.25) is 4.79 Å². The van der Waals surface area contributed by atoms with Crippen molar-refractivity contribution in [3.05, 3.63) is 59.2 Å². The Bertz CT molecular complexity index is 862. The number of anilines is 2. The second kappa shape index (κ2) is 8.86. The minimum Gasteiger partial charge on any atom is -0.478 e. The van der Waals surface area contributed by atoms with E-state index >= 15 is 0 Å². The molecular formula is C21H24N2O5. The third-order valence-corrected chi connectivity index (χ3v) is 4.65. The molecule has 0 saturated carbocycles. The molecule has 2 aromatic rings. The Morgan fingerprint density at radius 2 is 1.96 bits per heavy atom. The quantitative estimate of drug-likeness (QED) is 0.796. The molecule has 1 amide bonds. The number of carboxylic acid groups (broad SMARTS) is 1. The van der Waals surface area contributed by atoms with Crippen LogP contribution in [-0.4, -0.2) is 56.5 Å². The van der Waals surface area contributed by atoms with Gasteiger partial charge in [0.2, 0.25) is 0 Å². The van der Waals surface area contributed by atoms with Crippen LogP contribution in [0.25, 0.3) is 0 Å². The molecule has 3 rings (SSSR count). The van der Waals surface area contributed by atoms with E-state index in [-0.39, 0.29) is 17.6 Å². The molecule has 7 heteroatoms. The Morgan fingerprint density at radius 3 is 2.64 bits per heavy atom. The molecule has 28 heavy (non-hydrogen) atoms. The highest BCUT2D eigenvalue weighted by atomic mass is 16.6. The number of carbonyl (C=O) groups is 2. The molecule has 2 aromatic carbocycles. The lowest BCUT2D eigenvalue weighted by Crippen LogP contribution is -2.38. The number of aryl methyl sites for hydroxylation is 1. The van der Waals surface area contributed by atoms with E-state index in [1.807, 2.05) is 31.0 Å². The number of hydrogen-bond donors (Lipinski definition) is 2. The largest absolute Gasteiger partial charge is 0.478 e. The first-order chi connectivity index (χ1) is 13.5. The number of ether oxygens (including phenoxy) is 2. The van der Waals surface area contributed by atoms with Gasteiger partial charge >= 0.3 is 5.97 Å². The van der Waals surface area contributed by atoms with Gasteiger partial charge in [-0.2, -0.15) is 0 Å². The summed E-state index contributed by atoms with van der Waals surface area (Å²) in [6.07, 6.45) is -0.110. The van der Waals surface area contributed by atoms with E-state index < -0.39 is 5.97 Å². The predicted molar refractivity (Wildman–Crippen MR) is 106 cm³/mol. The summed E-state index contributed by atoms with van der Waals surface area (Å²) in [6.45, 7) is 3.96. The zero-order valence-corrected chi connectivity index (χ0v) is 16.0. The SMILES string of the molecule is Cc1ccccc1C(=O)Nc1ccc(N(C)CC2COCCO2)c(C(=O)O)c1. The summed E-state index contributed by atoms with van der Waals surface area (Å²) < 4.78 is 11.0. The minimum atomic E-state index is -1.06. The van der Waals surface area contributed by atoms with Crippen LogP contribution in [0.15, 0.2) is 42.5 Å². The molecule has 1 heterocycles. The summed E-state index contributed by atoms with van der Waals surface area (Å²) >= 11 is 0. The molecule has 2 N–H and O–H groups in total. The molecule has 0 spiro atoms. The zero-order chi connectivity index (χ0) is 20.1.